The van der Waals surface area contributed by atoms with Crippen LogP contribution in [0.1, 0.15) is 61.1 Å². The summed E-state index contributed by atoms with van der Waals surface area (Å²) < 4.78 is 4.41. The van der Waals surface area contributed by atoms with E-state index in [4.69, 9.17) is 9.97 Å². The number of piperidine rings is 1. The second kappa shape index (κ2) is 6.75. The summed E-state index contributed by atoms with van der Waals surface area (Å²) in [6.07, 6.45) is 10.3. The number of nitrogens with zero attached hydrogens (tertiary/aromatic N) is 6. The Labute approximate surface area is 160 Å². The Hall–Kier alpha value is -2.21. The Morgan fingerprint density at radius 1 is 1.15 bits per heavy atom. The highest BCUT2D eigenvalue weighted by molar-refractivity contribution is 5.71. The lowest BCUT2D eigenvalue weighted by Gasteiger charge is -2.35. The first-order valence-electron chi connectivity index (χ1n) is 10.2. The van der Waals surface area contributed by atoms with Crippen LogP contribution >= 0.6 is 0 Å². The number of pyridine rings is 1. The van der Waals surface area contributed by atoms with Crippen LogP contribution in [0.15, 0.2) is 24.5 Å². The summed E-state index contributed by atoms with van der Waals surface area (Å²) in [4.78, 5) is 12.2. The molecule has 3 aromatic heterocycles. The van der Waals surface area contributed by atoms with Crippen LogP contribution in [0, 0.1) is 6.92 Å². The van der Waals surface area contributed by atoms with Crippen LogP contribution in [0.5, 0.6) is 0 Å². The standard InChI is InChI=1S/C21H28N6/c1-15-17(13-25(2)24-15)14-26-11-8-18(9-12-26)27-20(16-5-3-6-16)23-19-7-4-10-22-21(19)27/h4,7,10,13,16,18H,3,5-6,8-9,11-12,14H2,1-2H3. The summed E-state index contributed by atoms with van der Waals surface area (Å²) in [7, 11) is 2.00. The molecule has 2 aliphatic rings. The van der Waals surface area contributed by atoms with Crippen LogP contribution in [-0.4, -0.2) is 42.3 Å². The van der Waals surface area contributed by atoms with Gasteiger partial charge in [-0.15, -0.1) is 0 Å². The molecule has 1 saturated carbocycles. The quantitative estimate of drug-likeness (QED) is 0.710. The molecule has 2 fully saturated rings. The van der Waals surface area contributed by atoms with E-state index < -0.39 is 0 Å². The normalized spacial score (nSPS) is 19.6. The van der Waals surface area contributed by atoms with E-state index in [-0.39, 0.29) is 0 Å². The first-order chi connectivity index (χ1) is 13.2. The molecule has 6 nitrogen and oxygen atoms in total. The van der Waals surface area contributed by atoms with E-state index in [0.717, 1.165) is 36.5 Å². The lowest BCUT2D eigenvalue weighted by Crippen LogP contribution is -2.35. The van der Waals surface area contributed by atoms with Crippen molar-refractivity contribution in [1.29, 1.82) is 0 Å². The maximum Gasteiger partial charge on any atom is 0.160 e. The summed E-state index contributed by atoms with van der Waals surface area (Å²) in [6, 6.07) is 4.64. The van der Waals surface area contributed by atoms with Gasteiger partial charge in [0.15, 0.2) is 5.65 Å². The number of aryl methyl sites for hydroxylation is 2. The van der Waals surface area contributed by atoms with Gasteiger partial charge in [-0.05, 0) is 44.7 Å². The summed E-state index contributed by atoms with van der Waals surface area (Å²) in [5, 5.41) is 4.48. The maximum atomic E-state index is 4.99. The van der Waals surface area contributed by atoms with Gasteiger partial charge in [0.05, 0.1) is 5.69 Å². The highest BCUT2D eigenvalue weighted by atomic mass is 15.3. The van der Waals surface area contributed by atoms with Crippen LogP contribution in [-0.2, 0) is 13.6 Å². The maximum absolute atomic E-state index is 4.99. The van der Waals surface area contributed by atoms with E-state index in [1.165, 1.54) is 43.5 Å². The fourth-order valence-electron chi connectivity index (χ4n) is 4.64. The lowest BCUT2D eigenvalue weighted by molar-refractivity contribution is 0.177. The number of hydrogen-bond donors (Lipinski definition) is 0. The van der Waals surface area contributed by atoms with Crippen LogP contribution in [0.4, 0.5) is 0 Å². The van der Waals surface area contributed by atoms with Crippen molar-refractivity contribution in [1.82, 2.24) is 29.2 Å². The van der Waals surface area contributed by atoms with Crippen molar-refractivity contribution in [2.75, 3.05) is 13.1 Å². The van der Waals surface area contributed by atoms with Crippen molar-refractivity contribution >= 4 is 11.2 Å². The Kier molecular flexibility index (Phi) is 4.23. The molecule has 0 amide bonds. The molecule has 5 rings (SSSR count). The summed E-state index contributed by atoms with van der Waals surface area (Å²) >= 11 is 0. The summed E-state index contributed by atoms with van der Waals surface area (Å²) in [5.41, 5.74) is 4.64. The largest absolute Gasteiger partial charge is 0.309 e. The van der Waals surface area contributed by atoms with Crippen LogP contribution < -0.4 is 0 Å². The monoisotopic (exact) mass is 364 g/mol. The first-order valence-corrected chi connectivity index (χ1v) is 10.2. The number of imidazole rings is 1. The van der Waals surface area contributed by atoms with Crippen molar-refractivity contribution in [3.63, 3.8) is 0 Å². The zero-order valence-corrected chi connectivity index (χ0v) is 16.3. The predicted molar refractivity (Wildman–Crippen MR) is 106 cm³/mol. The molecule has 0 atom stereocenters. The lowest BCUT2D eigenvalue weighted by atomic mass is 9.84. The molecule has 142 valence electrons. The predicted octanol–water partition coefficient (Wildman–Crippen LogP) is 3.58. The SMILES string of the molecule is Cc1nn(C)cc1CN1CCC(n2c(C3CCC3)nc3cccnc32)CC1. The fraction of sp³-hybridized carbons (Fsp3) is 0.571. The Morgan fingerprint density at radius 2 is 1.96 bits per heavy atom. The van der Waals surface area contributed by atoms with E-state index in [9.17, 15) is 0 Å². The smallest absolute Gasteiger partial charge is 0.160 e. The molecule has 27 heavy (non-hydrogen) atoms. The zero-order chi connectivity index (χ0) is 18.4. The molecule has 0 aromatic carbocycles. The second-order valence-electron chi connectivity index (χ2n) is 8.23. The van der Waals surface area contributed by atoms with Gasteiger partial charge in [0.1, 0.15) is 11.3 Å². The molecule has 0 spiro atoms. The van der Waals surface area contributed by atoms with E-state index >= 15 is 0 Å². The molecular weight excluding hydrogens is 336 g/mol. The third-order valence-corrected chi connectivity index (χ3v) is 6.38. The van der Waals surface area contributed by atoms with Gasteiger partial charge in [-0.25, -0.2) is 9.97 Å². The number of aromatic nitrogens is 5. The number of rotatable bonds is 4. The third kappa shape index (κ3) is 3.06. The van der Waals surface area contributed by atoms with Gasteiger partial charge in [0.25, 0.3) is 0 Å². The molecule has 0 bridgehead atoms. The van der Waals surface area contributed by atoms with Crippen LogP contribution in [0.3, 0.4) is 0 Å². The highest BCUT2D eigenvalue weighted by Crippen LogP contribution is 2.39. The Bertz CT molecular complexity index is 943. The van der Waals surface area contributed by atoms with Gasteiger partial charge in [-0.3, -0.25) is 9.58 Å². The number of hydrogen-bond acceptors (Lipinski definition) is 4. The minimum atomic E-state index is 0.520. The molecule has 1 saturated heterocycles. The highest BCUT2D eigenvalue weighted by Gasteiger charge is 2.31. The first kappa shape index (κ1) is 16.9. The second-order valence-corrected chi connectivity index (χ2v) is 8.23. The van der Waals surface area contributed by atoms with Gasteiger partial charge in [-0.2, -0.15) is 5.10 Å². The molecule has 1 aliphatic heterocycles. The summed E-state index contributed by atoms with van der Waals surface area (Å²) in [5.74, 6) is 1.92. The van der Waals surface area contributed by atoms with E-state index in [0.29, 0.717) is 12.0 Å². The van der Waals surface area contributed by atoms with Crippen molar-refractivity contribution in [3.05, 3.63) is 41.6 Å². The van der Waals surface area contributed by atoms with Gasteiger partial charge >= 0.3 is 0 Å². The van der Waals surface area contributed by atoms with Gasteiger partial charge in [-0.1, -0.05) is 6.42 Å². The van der Waals surface area contributed by atoms with E-state index in [2.05, 4.69) is 33.8 Å². The Morgan fingerprint density at radius 3 is 2.63 bits per heavy atom. The number of likely N-dealkylation sites (tertiary alicyclic amines) is 1. The molecular formula is C21H28N6. The van der Waals surface area contributed by atoms with Crippen LogP contribution in [0.2, 0.25) is 0 Å². The van der Waals surface area contributed by atoms with Gasteiger partial charge in [0.2, 0.25) is 0 Å². The number of fused-ring (bicyclic) bond motifs is 1. The van der Waals surface area contributed by atoms with Crippen molar-refractivity contribution in [3.8, 4) is 0 Å². The molecule has 0 N–H and O–H groups in total. The molecule has 0 unspecified atom stereocenters. The summed E-state index contributed by atoms with van der Waals surface area (Å²) in [6.45, 7) is 5.35. The van der Waals surface area contributed by atoms with E-state index in [1.54, 1.807) is 0 Å². The topological polar surface area (TPSA) is 51.8 Å². The molecule has 6 heteroatoms. The van der Waals surface area contributed by atoms with Gasteiger partial charge < -0.3 is 4.57 Å². The Balaban J connectivity index is 1.35. The van der Waals surface area contributed by atoms with Gasteiger partial charge in [0, 0.05) is 56.6 Å². The fourth-order valence-corrected chi connectivity index (χ4v) is 4.64. The molecule has 1 aliphatic carbocycles. The van der Waals surface area contributed by atoms with Crippen molar-refractivity contribution < 1.29 is 0 Å². The molecule has 4 heterocycles. The minimum Gasteiger partial charge on any atom is -0.309 e. The average Bonchev–Trinajstić information content (AvgIpc) is 3.14. The van der Waals surface area contributed by atoms with E-state index in [1.807, 2.05) is 24.0 Å². The van der Waals surface area contributed by atoms with Crippen molar-refractivity contribution in [2.24, 2.45) is 7.05 Å². The average molecular weight is 364 g/mol. The molecule has 3 aromatic rings. The molecule has 0 radical (unpaired) electrons. The third-order valence-electron chi connectivity index (χ3n) is 6.38. The van der Waals surface area contributed by atoms with Crippen LogP contribution in [0.25, 0.3) is 11.2 Å². The van der Waals surface area contributed by atoms with Crippen molar-refractivity contribution in [2.45, 2.75) is 57.5 Å². The minimum absolute atomic E-state index is 0.520. The zero-order valence-electron chi connectivity index (χ0n) is 16.3.